The van der Waals surface area contributed by atoms with Gasteiger partial charge in [0.2, 0.25) is 35.4 Å². The number of carbonyl (C=O) groups excluding carboxylic acids is 8. The third-order valence-corrected chi connectivity index (χ3v) is 11.7. The number of pyridine rings is 1. The molecule has 0 radical (unpaired) electrons. The van der Waals surface area contributed by atoms with Gasteiger partial charge in [0.25, 0.3) is 5.91 Å². The number of benzene rings is 1. The molecule has 62 heavy (non-hydrogen) atoms. The molecular formula is C44H62N8O10. The number of amides is 7. The van der Waals surface area contributed by atoms with E-state index < -0.39 is 114 Å². The Morgan fingerprint density at radius 1 is 0.871 bits per heavy atom. The Kier molecular flexibility index (Phi) is 16.6. The van der Waals surface area contributed by atoms with Crippen LogP contribution in [-0.4, -0.2) is 148 Å². The van der Waals surface area contributed by atoms with Crippen LogP contribution in [-0.2, 0) is 38.3 Å². The van der Waals surface area contributed by atoms with E-state index in [0.29, 0.717) is 18.4 Å². The number of hydrogen-bond donors (Lipinski definition) is 4. The molecule has 1 aromatic heterocycles. The smallest absolute Gasteiger partial charge is 0.333 e. The van der Waals surface area contributed by atoms with Crippen molar-refractivity contribution >= 4 is 47.3 Å². The van der Waals surface area contributed by atoms with Gasteiger partial charge in [0, 0.05) is 33.9 Å². The minimum Gasteiger partial charge on any atom is -0.505 e. The molecule has 2 unspecified atom stereocenters. The summed E-state index contributed by atoms with van der Waals surface area (Å²) in [6.07, 6.45) is 0.679. The van der Waals surface area contributed by atoms with Gasteiger partial charge in [-0.05, 0) is 68.6 Å². The van der Waals surface area contributed by atoms with E-state index >= 15 is 0 Å². The number of aromatic hydroxyl groups is 1. The summed E-state index contributed by atoms with van der Waals surface area (Å²) in [6, 6.07) is 3.27. The highest BCUT2D eigenvalue weighted by atomic mass is 16.5. The maximum absolute atomic E-state index is 14.4. The zero-order chi connectivity index (χ0) is 46.2. The lowest BCUT2D eigenvalue weighted by molar-refractivity contribution is -0.161. The number of nitrogens with one attached hydrogen (secondary N) is 3. The van der Waals surface area contributed by atoms with Gasteiger partial charge in [-0.15, -0.1) is 0 Å². The van der Waals surface area contributed by atoms with Crippen molar-refractivity contribution in [3.8, 4) is 5.75 Å². The van der Waals surface area contributed by atoms with Crippen molar-refractivity contribution in [1.82, 2.24) is 40.5 Å². The molecule has 0 bridgehead atoms. The van der Waals surface area contributed by atoms with E-state index in [2.05, 4.69) is 20.9 Å². The molecule has 2 aromatic rings. The van der Waals surface area contributed by atoms with E-state index in [9.17, 15) is 43.5 Å². The number of nitrogens with zero attached hydrogens (tertiary/aromatic N) is 5. The Morgan fingerprint density at radius 3 is 2.15 bits per heavy atom. The van der Waals surface area contributed by atoms with Crippen LogP contribution in [0.15, 0.2) is 48.7 Å². The summed E-state index contributed by atoms with van der Waals surface area (Å²) in [4.78, 5) is 122. The van der Waals surface area contributed by atoms with Crippen molar-refractivity contribution in [2.24, 2.45) is 17.8 Å². The molecular weight excluding hydrogens is 801 g/mol. The molecule has 4 N–H and O–H groups in total. The summed E-state index contributed by atoms with van der Waals surface area (Å²) < 4.78 is 5.93. The highest BCUT2D eigenvalue weighted by molar-refractivity contribution is 6.00. The number of likely N-dealkylation sites (N-methyl/N-ethyl adjacent to an activating group) is 3. The lowest BCUT2D eigenvalue weighted by atomic mass is 9.88. The Hall–Kier alpha value is -6.07. The molecule has 4 rings (SSSR count). The summed E-state index contributed by atoms with van der Waals surface area (Å²) >= 11 is 0. The predicted molar refractivity (Wildman–Crippen MR) is 227 cm³/mol. The van der Waals surface area contributed by atoms with Gasteiger partial charge < -0.3 is 45.4 Å². The average Bonchev–Trinajstić information content (AvgIpc) is 3.71. The number of fused-ring (bicyclic) bond motifs is 1. The molecule has 2 fully saturated rings. The minimum atomic E-state index is -1.69. The number of rotatable bonds is 7. The molecule has 2 aliphatic heterocycles. The monoisotopic (exact) mass is 862 g/mol. The second kappa shape index (κ2) is 21.1. The van der Waals surface area contributed by atoms with E-state index in [-0.39, 0.29) is 24.8 Å². The molecule has 3 heterocycles. The van der Waals surface area contributed by atoms with Crippen LogP contribution in [0.5, 0.6) is 5.75 Å². The van der Waals surface area contributed by atoms with Gasteiger partial charge in [0.1, 0.15) is 42.1 Å². The van der Waals surface area contributed by atoms with Crippen molar-refractivity contribution in [2.45, 2.75) is 110 Å². The zero-order valence-corrected chi connectivity index (χ0v) is 37.3. The standard InChI is InChI=1S/C44H62N8O10/c1-24(2)22-30-42(59)52-21-15-18-31(52)43(60)49(8)23-33(54)50(9)36(26(5)25(3)4)40(57)46-27(6)41(58)51(10)37(29-16-12-11-13-17-29)44(61)62-28(7)34(38(55)47-30)48-39(56)35-32(53)19-14-20-45-35/h11-14,16-17,19-20,24-28,30-31,34,36-37,53H,15,18,21-23H2,1-10H3,(H,46,57)(H,47,55)(H,48,56)/t26?,27-,28+,30+,31+,34?,36-,37-/m0/s1. The molecule has 8 atom stereocenters. The topological polar surface area (TPSA) is 228 Å². The first kappa shape index (κ1) is 48.6. The fraction of sp³-hybridized carbons (Fsp3) is 0.568. The summed E-state index contributed by atoms with van der Waals surface area (Å²) in [6.45, 7) is 11.8. The van der Waals surface area contributed by atoms with E-state index in [1.807, 2.05) is 34.6 Å². The first-order chi connectivity index (χ1) is 29.2. The van der Waals surface area contributed by atoms with Crippen LogP contribution in [0.2, 0.25) is 0 Å². The van der Waals surface area contributed by atoms with E-state index in [1.165, 1.54) is 68.0 Å². The van der Waals surface area contributed by atoms with Crippen LogP contribution < -0.4 is 16.0 Å². The van der Waals surface area contributed by atoms with Gasteiger partial charge in [-0.1, -0.05) is 65.0 Å². The fourth-order valence-electron chi connectivity index (χ4n) is 7.82. The van der Waals surface area contributed by atoms with Crippen molar-refractivity contribution in [3.05, 3.63) is 59.9 Å². The minimum absolute atomic E-state index is 0.0904. The average molecular weight is 863 g/mol. The number of cyclic esters (lactones) is 1. The lowest BCUT2D eigenvalue weighted by Gasteiger charge is -2.37. The largest absolute Gasteiger partial charge is 0.505 e. The van der Waals surface area contributed by atoms with Gasteiger partial charge in [0.15, 0.2) is 11.7 Å². The second-order valence-corrected chi connectivity index (χ2v) is 17.1. The van der Waals surface area contributed by atoms with E-state index in [4.69, 9.17) is 4.74 Å². The van der Waals surface area contributed by atoms with Gasteiger partial charge in [-0.3, -0.25) is 33.6 Å². The number of ether oxygens (including phenoxy) is 1. The molecule has 338 valence electrons. The van der Waals surface area contributed by atoms with Gasteiger partial charge in [0.05, 0.1) is 6.54 Å². The number of hydrogen-bond acceptors (Lipinski definition) is 11. The lowest BCUT2D eigenvalue weighted by Crippen LogP contribution is -2.60. The first-order valence-corrected chi connectivity index (χ1v) is 21.0. The maximum atomic E-state index is 14.4. The van der Waals surface area contributed by atoms with Crippen LogP contribution in [0.1, 0.15) is 89.8 Å². The zero-order valence-electron chi connectivity index (χ0n) is 37.3. The fourth-order valence-corrected chi connectivity index (χ4v) is 7.82. The Morgan fingerprint density at radius 2 is 1.53 bits per heavy atom. The molecule has 0 spiro atoms. The summed E-state index contributed by atoms with van der Waals surface area (Å²) in [5.74, 6) is -7.01. The quantitative estimate of drug-likeness (QED) is 0.293. The molecule has 1 aromatic carbocycles. The van der Waals surface area contributed by atoms with Gasteiger partial charge in [-0.2, -0.15) is 0 Å². The Balaban J connectivity index is 1.84. The second-order valence-electron chi connectivity index (χ2n) is 17.1. The Bertz CT molecular complexity index is 1980. The first-order valence-electron chi connectivity index (χ1n) is 21.0. The molecule has 18 nitrogen and oxygen atoms in total. The normalized spacial score (nSPS) is 26.1. The molecule has 0 aliphatic carbocycles. The third kappa shape index (κ3) is 11.4. The summed E-state index contributed by atoms with van der Waals surface area (Å²) in [7, 11) is 4.26. The Labute approximate surface area is 363 Å². The van der Waals surface area contributed by atoms with Crippen molar-refractivity contribution in [3.63, 3.8) is 0 Å². The van der Waals surface area contributed by atoms with Crippen LogP contribution >= 0.6 is 0 Å². The molecule has 0 saturated carbocycles. The predicted octanol–water partition coefficient (Wildman–Crippen LogP) is 1.63. The number of aromatic nitrogens is 1. The SMILES string of the molecule is CC(C)C[C@H]1NC(=O)C(NC(=O)c2ncccc2O)[C@@H](C)OC(=O)[C@H](c2ccccc2)N(C)C(=O)[C@H](C)NC(=O)[C@H](C(C)C(C)C)N(C)C(=O)CN(C)C(=O)[C@H]2CCCN2C1=O. The van der Waals surface area contributed by atoms with Crippen LogP contribution in [0.25, 0.3) is 0 Å². The molecule has 18 heteroatoms. The number of carbonyl (C=O) groups is 8. The van der Waals surface area contributed by atoms with Crippen LogP contribution in [0.4, 0.5) is 0 Å². The van der Waals surface area contributed by atoms with Gasteiger partial charge in [-0.25, -0.2) is 9.78 Å². The maximum Gasteiger partial charge on any atom is 0.333 e. The van der Waals surface area contributed by atoms with Crippen molar-refractivity contribution in [2.75, 3.05) is 34.2 Å². The van der Waals surface area contributed by atoms with Crippen LogP contribution in [0, 0.1) is 17.8 Å². The van der Waals surface area contributed by atoms with E-state index in [0.717, 1.165) is 4.90 Å². The summed E-state index contributed by atoms with van der Waals surface area (Å²) in [5, 5.41) is 18.4. The molecule has 2 saturated heterocycles. The van der Waals surface area contributed by atoms with Gasteiger partial charge >= 0.3 is 5.97 Å². The third-order valence-electron chi connectivity index (χ3n) is 11.7. The highest BCUT2D eigenvalue weighted by Gasteiger charge is 2.43. The molecule has 7 amide bonds. The summed E-state index contributed by atoms with van der Waals surface area (Å²) in [5.41, 5.74) is -0.0948. The van der Waals surface area contributed by atoms with E-state index in [1.54, 1.807) is 30.3 Å². The van der Waals surface area contributed by atoms with Crippen molar-refractivity contribution in [1.29, 1.82) is 0 Å². The molecule has 2 aliphatic rings. The number of esters is 1. The highest BCUT2D eigenvalue weighted by Crippen LogP contribution is 2.26. The van der Waals surface area contributed by atoms with Crippen molar-refractivity contribution < 1.29 is 48.2 Å². The van der Waals surface area contributed by atoms with Crippen LogP contribution in [0.3, 0.4) is 0 Å².